The van der Waals surface area contributed by atoms with Crippen LogP contribution in [0.1, 0.15) is 5.56 Å². The topological polar surface area (TPSA) is 20.2 Å². The number of hydrogen-bond acceptors (Lipinski definition) is 1. The van der Waals surface area contributed by atoms with Crippen LogP contribution in [0.15, 0.2) is 12.1 Å². The SMILES string of the molecule is Cc1c[c-]cc(Cl)c1O.[Y]. The van der Waals surface area contributed by atoms with Gasteiger partial charge in [0.15, 0.2) is 0 Å². The van der Waals surface area contributed by atoms with Gasteiger partial charge in [-0.25, -0.2) is 0 Å². The van der Waals surface area contributed by atoms with E-state index in [1.807, 2.05) is 0 Å². The zero-order valence-electron chi connectivity index (χ0n) is 5.56. The third-order valence-electron chi connectivity index (χ3n) is 1.11. The molecule has 3 heteroatoms. The first-order chi connectivity index (χ1) is 4.22. The summed E-state index contributed by atoms with van der Waals surface area (Å²) in [5, 5.41) is 9.41. The molecule has 1 nitrogen and oxygen atoms in total. The fourth-order valence-corrected chi connectivity index (χ4v) is 0.777. The van der Waals surface area contributed by atoms with E-state index in [-0.39, 0.29) is 38.5 Å². The minimum Gasteiger partial charge on any atom is -0.532 e. The summed E-state index contributed by atoms with van der Waals surface area (Å²) in [6, 6.07) is 5.99. The van der Waals surface area contributed by atoms with Gasteiger partial charge in [-0.15, -0.1) is 5.56 Å². The molecular weight excluding hydrogens is 224 g/mol. The van der Waals surface area contributed by atoms with Crippen LogP contribution in [0, 0.1) is 13.0 Å². The van der Waals surface area contributed by atoms with Crippen molar-refractivity contribution in [2.75, 3.05) is 0 Å². The van der Waals surface area contributed by atoms with E-state index in [9.17, 15) is 0 Å². The van der Waals surface area contributed by atoms with Crippen LogP contribution in [-0.2, 0) is 32.7 Å². The molecule has 1 radical (unpaired) electrons. The van der Waals surface area contributed by atoms with Crippen LogP contribution in [0.2, 0.25) is 5.02 Å². The quantitative estimate of drug-likeness (QED) is 0.677. The van der Waals surface area contributed by atoms with Gasteiger partial charge in [-0.1, -0.05) is 6.92 Å². The van der Waals surface area contributed by atoms with Crippen molar-refractivity contribution in [2.45, 2.75) is 6.92 Å². The van der Waals surface area contributed by atoms with Gasteiger partial charge in [-0.2, -0.15) is 29.8 Å². The Morgan fingerprint density at radius 3 is 2.50 bits per heavy atom. The summed E-state index contributed by atoms with van der Waals surface area (Å²) in [7, 11) is 0. The first-order valence-electron chi connectivity index (χ1n) is 2.57. The molecule has 0 aliphatic rings. The predicted molar refractivity (Wildman–Crippen MR) is 36.7 cm³/mol. The maximum absolute atomic E-state index is 9.05. The van der Waals surface area contributed by atoms with E-state index in [0.717, 1.165) is 5.56 Å². The zero-order chi connectivity index (χ0) is 6.85. The Balaban J connectivity index is 0.000000810. The second-order valence-electron chi connectivity index (χ2n) is 1.83. The molecule has 0 heterocycles. The fraction of sp³-hybridized carbons (Fsp3) is 0.143. The van der Waals surface area contributed by atoms with E-state index in [0.29, 0.717) is 5.02 Å². The molecule has 0 fully saturated rings. The van der Waals surface area contributed by atoms with Gasteiger partial charge in [-0.3, -0.25) is 0 Å². The molecule has 0 aliphatic heterocycles. The molecule has 51 valence electrons. The van der Waals surface area contributed by atoms with Crippen molar-refractivity contribution >= 4 is 11.6 Å². The number of halogens is 1. The van der Waals surface area contributed by atoms with E-state index >= 15 is 0 Å². The van der Waals surface area contributed by atoms with Crippen molar-refractivity contribution < 1.29 is 37.8 Å². The van der Waals surface area contributed by atoms with Crippen molar-refractivity contribution in [3.8, 4) is 5.75 Å². The molecule has 0 atom stereocenters. The minimum atomic E-state index is 0. The molecule has 1 aromatic carbocycles. The molecule has 0 saturated heterocycles. The maximum atomic E-state index is 9.05. The van der Waals surface area contributed by atoms with Gasteiger partial charge in [0.25, 0.3) is 0 Å². The van der Waals surface area contributed by atoms with Gasteiger partial charge in [0.05, 0.1) is 0 Å². The fourth-order valence-electron chi connectivity index (χ4n) is 0.565. The Labute approximate surface area is 90.3 Å². The summed E-state index contributed by atoms with van der Waals surface area (Å²) in [4.78, 5) is 0. The third kappa shape index (κ3) is 2.23. The van der Waals surface area contributed by atoms with E-state index in [2.05, 4.69) is 6.07 Å². The van der Waals surface area contributed by atoms with Gasteiger partial charge >= 0.3 is 0 Å². The molecular formula is C7H6ClOY-. The number of benzene rings is 1. The molecule has 1 aromatic rings. The molecule has 1 rings (SSSR count). The average Bonchev–Trinajstić information content (AvgIpc) is 1.83. The Bertz CT molecular complexity index is 205. The minimum absolute atomic E-state index is 0. The Kier molecular flexibility index (Phi) is 4.50. The molecule has 10 heavy (non-hydrogen) atoms. The van der Waals surface area contributed by atoms with Crippen LogP contribution in [0.3, 0.4) is 0 Å². The first kappa shape index (κ1) is 10.4. The number of aromatic hydroxyl groups is 1. The predicted octanol–water partition coefficient (Wildman–Crippen LogP) is 2.15. The van der Waals surface area contributed by atoms with Crippen molar-refractivity contribution in [2.24, 2.45) is 0 Å². The standard InChI is InChI=1S/C7H6ClO.Y/c1-5-3-2-4-6(8)7(5)9;/h3-4,9H,1H3;/q-1;. The van der Waals surface area contributed by atoms with Crippen LogP contribution in [-0.4, -0.2) is 5.11 Å². The molecule has 0 bridgehead atoms. The van der Waals surface area contributed by atoms with Crippen molar-refractivity contribution in [1.82, 2.24) is 0 Å². The van der Waals surface area contributed by atoms with Gasteiger partial charge in [0.2, 0.25) is 0 Å². The van der Waals surface area contributed by atoms with E-state index < -0.39 is 0 Å². The smallest absolute Gasteiger partial charge is 0.0290 e. The van der Waals surface area contributed by atoms with E-state index in [1.165, 1.54) is 6.07 Å². The van der Waals surface area contributed by atoms with Crippen molar-refractivity contribution in [3.05, 3.63) is 28.8 Å². The van der Waals surface area contributed by atoms with Crippen molar-refractivity contribution in [1.29, 1.82) is 0 Å². The number of aryl methyl sites for hydroxylation is 1. The molecule has 0 aromatic heterocycles. The van der Waals surface area contributed by atoms with Gasteiger partial charge < -0.3 is 5.11 Å². The Morgan fingerprint density at radius 2 is 2.10 bits per heavy atom. The number of rotatable bonds is 0. The van der Waals surface area contributed by atoms with Gasteiger partial charge in [-0.05, 0) is 5.02 Å². The van der Waals surface area contributed by atoms with Gasteiger partial charge in [0.1, 0.15) is 0 Å². The van der Waals surface area contributed by atoms with Crippen LogP contribution in [0.4, 0.5) is 0 Å². The summed E-state index contributed by atoms with van der Waals surface area (Å²) in [6.45, 7) is 1.78. The monoisotopic (exact) mass is 230 g/mol. The number of phenolic OH excluding ortho intramolecular Hbond substituents is 1. The Morgan fingerprint density at radius 1 is 1.50 bits per heavy atom. The second kappa shape index (κ2) is 4.32. The normalized spacial score (nSPS) is 8.60. The second-order valence-corrected chi connectivity index (χ2v) is 2.24. The Hall–Kier alpha value is 0.414. The van der Waals surface area contributed by atoms with Gasteiger partial charge in [0, 0.05) is 38.5 Å². The summed E-state index contributed by atoms with van der Waals surface area (Å²) in [6.07, 6.45) is 0. The van der Waals surface area contributed by atoms with E-state index in [1.54, 1.807) is 13.0 Å². The largest absolute Gasteiger partial charge is 0.532 e. The molecule has 0 unspecified atom stereocenters. The summed E-state index contributed by atoms with van der Waals surface area (Å²) >= 11 is 5.53. The molecule has 0 amide bonds. The average molecular weight is 230 g/mol. The zero-order valence-corrected chi connectivity index (χ0v) is 9.15. The van der Waals surface area contributed by atoms with Crippen LogP contribution < -0.4 is 0 Å². The molecule has 0 aliphatic carbocycles. The maximum Gasteiger partial charge on any atom is 0.0290 e. The van der Waals surface area contributed by atoms with Crippen LogP contribution in [0.5, 0.6) is 5.75 Å². The number of phenols is 1. The van der Waals surface area contributed by atoms with Crippen LogP contribution >= 0.6 is 11.6 Å². The molecule has 0 saturated carbocycles. The summed E-state index contributed by atoms with van der Waals surface area (Å²) in [5.41, 5.74) is 0.752. The third-order valence-corrected chi connectivity index (χ3v) is 1.40. The molecule has 1 N–H and O–H groups in total. The van der Waals surface area contributed by atoms with E-state index in [4.69, 9.17) is 16.7 Å². The summed E-state index contributed by atoms with van der Waals surface area (Å²) in [5.74, 6) is 0.149. The number of hydrogen-bond donors (Lipinski definition) is 1. The first-order valence-corrected chi connectivity index (χ1v) is 2.95. The van der Waals surface area contributed by atoms with Crippen LogP contribution in [0.25, 0.3) is 0 Å². The van der Waals surface area contributed by atoms with Crippen molar-refractivity contribution in [3.63, 3.8) is 0 Å². The summed E-state index contributed by atoms with van der Waals surface area (Å²) < 4.78 is 0. The molecule has 0 spiro atoms.